The molecule has 24 aromatic rings. The van der Waals surface area contributed by atoms with Crippen LogP contribution in [0.2, 0.25) is 0 Å². The van der Waals surface area contributed by atoms with E-state index in [1.807, 2.05) is 134 Å². The number of para-hydroxylation sites is 4. The zero-order valence-corrected chi connectivity index (χ0v) is 72.9. The molecule has 8 aromatic heterocycles. The second-order valence-corrected chi connectivity index (χ2v) is 32.2. The highest BCUT2D eigenvalue weighted by molar-refractivity contribution is 6.10. The van der Waals surface area contributed by atoms with Crippen LogP contribution in [0, 0.1) is 0 Å². The van der Waals surface area contributed by atoms with E-state index in [-0.39, 0.29) is 0 Å². The van der Waals surface area contributed by atoms with Gasteiger partial charge in [-0.05, 0) is 141 Å². The molecule has 0 aliphatic heterocycles. The van der Waals surface area contributed by atoms with E-state index in [2.05, 4.69) is 389 Å². The van der Waals surface area contributed by atoms with Gasteiger partial charge >= 0.3 is 0 Å². The standard InChI is InChI=1S/2C33H23N3.C29H20N2.C27H18N4/c1-4-12-24(13-5-1)27-18-10-20-29(22-27)32-34-31(26-16-8-3-9-17-26)35-33(36-32)30-21-11-19-28(23-30)25-14-6-2-7-15-25;1-4-10-24(11-5-1)26-16-20-29(21-17-26)32-34-31(28-14-8-3-9-15-28)35-33(36-32)30-22-18-27(19-23-30)25-12-6-2-7-13-25;1-3-11-21(12-4-1)23-19-26(22-13-5-2-6-14-22)30-29(20-23)31-27-17-9-7-15-24(27)25-16-8-10-18-28(25)31;1-3-13-25-20(9-1)21-10-2-4-14-26(21)31(25)27-18-19(22-11-5-7-15-28-22)17-24(30-27)23-12-6-8-16-29-23/h2*1-23H;1-20H;1-18H. The Balaban J connectivity index is 0.000000108. The second kappa shape index (κ2) is 38.7. The van der Waals surface area contributed by atoms with Gasteiger partial charge in [-0.25, -0.2) is 39.9 Å². The van der Waals surface area contributed by atoms with Gasteiger partial charge in [0.15, 0.2) is 34.9 Å². The molecule has 0 bridgehead atoms. The molecule has 12 nitrogen and oxygen atoms in total. The fourth-order valence-corrected chi connectivity index (χ4v) is 17.0. The lowest BCUT2D eigenvalue weighted by Crippen LogP contribution is -2.00. The van der Waals surface area contributed by atoms with Crippen molar-refractivity contribution in [2.75, 3.05) is 0 Å². The van der Waals surface area contributed by atoms with Gasteiger partial charge in [0.25, 0.3) is 0 Å². The third-order valence-corrected chi connectivity index (χ3v) is 23.6. The monoisotopic (exact) mass is 1720 g/mol. The maximum atomic E-state index is 5.13. The van der Waals surface area contributed by atoms with Crippen LogP contribution >= 0.6 is 0 Å². The van der Waals surface area contributed by atoms with Gasteiger partial charge in [0.05, 0.1) is 44.8 Å². The predicted octanol–water partition coefficient (Wildman–Crippen LogP) is 30.2. The SMILES string of the molecule is c1ccc(-c2cc(-c3ccccc3)nc(-n3c4ccccc4c4ccccc43)c2)cc1.c1ccc(-c2cc(-c3ccccn3)nc(-n3c4ccccc4c4ccccc43)c2)nc1.c1ccc(-c2ccc(-c3nc(-c4ccccc4)nc(-c4ccc(-c5ccccc5)cc4)n3)cc2)cc1.c1ccc(-c2cccc(-c3nc(-c4ccccc4)nc(-c4cccc(-c5ccccc5)c4)n3)c2)cc1. The first-order valence-corrected chi connectivity index (χ1v) is 44.7. The van der Waals surface area contributed by atoms with Crippen LogP contribution in [0.4, 0.5) is 0 Å². The topological polar surface area (TPSA) is 139 Å². The number of benzene rings is 16. The number of pyridine rings is 4. The smallest absolute Gasteiger partial charge is 0.164 e. The van der Waals surface area contributed by atoms with Crippen molar-refractivity contribution in [3.63, 3.8) is 0 Å². The molecule has 0 amide bonds. The quantitative estimate of drug-likeness (QED) is 0.0919. The van der Waals surface area contributed by atoms with Crippen molar-refractivity contribution in [1.82, 2.24) is 59.0 Å². The molecule has 24 rings (SSSR count). The molecule has 134 heavy (non-hydrogen) atoms. The zero-order chi connectivity index (χ0) is 89.6. The number of rotatable bonds is 16. The first-order chi connectivity index (χ1) is 66.4. The summed E-state index contributed by atoms with van der Waals surface area (Å²) < 4.78 is 4.51. The molecule has 0 saturated carbocycles. The third-order valence-electron chi connectivity index (χ3n) is 23.6. The Morgan fingerprint density at radius 3 is 0.716 bits per heavy atom. The fourth-order valence-electron chi connectivity index (χ4n) is 17.0. The van der Waals surface area contributed by atoms with Gasteiger partial charge in [0, 0.05) is 78.4 Å². The van der Waals surface area contributed by atoms with Crippen molar-refractivity contribution < 1.29 is 0 Å². The molecule has 8 heterocycles. The highest BCUT2D eigenvalue weighted by atomic mass is 15.1. The van der Waals surface area contributed by atoms with E-state index in [4.69, 9.17) is 39.9 Å². The maximum absolute atomic E-state index is 5.13. The molecule has 0 N–H and O–H groups in total. The average molecular weight is 1720 g/mol. The molecule has 0 spiro atoms. The van der Waals surface area contributed by atoms with Crippen molar-refractivity contribution >= 4 is 43.6 Å². The lowest BCUT2D eigenvalue weighted by atomic mass is 10.0. The lowest BCUT2D eigenvalue weighted by Gasteiger charge is -2.13. The van der Waals surface area contributed by atoms with E-state index in [0.717, 1.165) is 129 Å². The van der Waals surface area contributed by atoms with Crippen LogP contribution in [0.25, 0.3) is 213 Å². The largest absolute Gasteiger partial charge is 0.294 e. The van der Waals surface area contributed by atoms with Crippen molar-refractivity contribution in [2.24, 2.45) is 0 Å². The minimum Gasteiger partial charge on any atom is -0.294 e. The minimum absolute atomic E-state index is 0.654. The maximum Gasteiger partial charge on any atom is 0.164 e. The first-order valence-electron chi connectivity index (χ1n) is 44.7. The molecule has 16 aromatic carbocycles. The van der Waals surface area contributed by atoms with Gasteiger partial charge in [-0.2, -0.15) is 0 Å². The summed E-state index contributed by atoms with van der Waals surface area (Å²) >= 11 is 0. The van der Waals surface area contributed by atoms with Crippen molar-refractivity contribution in [3.8, 4) is 169 Å². The van der Waals surface area contributed by atoms with Gasteiger partial charge in [-0.15, -0.1) is 0 Å². The van der Waals surface area contributed by atoms with Crippen LogP contribution in [-0.2, 0) is 0 Å². The Hall–Kier alpha value is -18.3. The number of hydrogen-bond acceptors (Lipinski definition) is 10. The molecule has 0 atom stereocenters. The summed E-state index contributed by atoms with van der Waals surface area (Å²) in [4.78, 5) is 48.6. The third kappa shape index (κ3) is 18.2. The number of hydrogen-bond donors (Lipinski definition) is 0. The molecule has 12 heteroatoms. The van der Waals surface area contributed by atoms with Gasteiger partial charge in [0.2, 0.25) is 0 Å². The summed E-state index contributed by atoms with van der Waals surface area (Å²) in [5, 5.41) is 4.91. The molecule has 632 valence electrons. The van der Waals surface area contributed by atoms with E-state index in [9.17, 15) is 0 Å². The van der Waals surface area contributed by atoms with Gasteiger partial charge < -0.3 is 0 Å². The summed E-state index contributed by atoms with van der Waals surface area (Å²) in [6.45, 7) is 0. The molecule has 0 fully saturated rings. The van der Waals surface area contributed by atoms with Gasteiger partial charge in [0.1, 0.15) is 11.6 Å². The number of aromatic nitrogens is 12. The molecule has 0 unspecified atom stereocenters. The van der Waals surface area contributed by atoms with Crippen molar-refractivity contribution in [3.05, 3.63) is 510 Å². The molecule has 0 aliphatic carbocycles. The normalized spacial score (nSPS) is 11.0. The van der Waals surface area contributed by atoms with E-state index in [1.54, 1.807) is 6.20 Å². The summed E-state index contributed by atoms with van der Waals surface area (Å²) in [6.07, 6.45) is 3.61. The fraction of sp³-hybridized carbons (Fsp3) is 0. The van der Waals surface area contributed by atoms with E-state index in [0.29, 0.717) is 34.9 Å². The van der Waals surface area contributed by atoms with Crippen LogP contribution < -0.4 is 0 Å². The van der Waals surface area contributed by atoms with E-state index < -0.39 is 0 Å². The summed E-state index contributed by atoms with van der Waals surface area (Å²) in [5.74, 6) is 5.72. The Bertz CT molecular complexity index is 7500. The Kier molecular flexibility index (Phi) is 23.9. The summed E-state index contributed by atoms with van der Waals surface area (Å²) in [6, 6.07) is 170. The van der Waals surface area contributed by atoms with Gasteiger partial charge in [-0.1, -0.05) is 413 Å². The molecule has 0 radical (unpaired) electrons. The molecule has 0 aliphatic rings. The summed E-state index contributed by atoms with van der Waals surface area (Å²) in [5.41, 5.74) is 27.6. The lowest BCUT2D eigenvalue weighted by molar-refractivity contribution is 1.07. The van der Waals surface area contributed by atoms with Gasteiger partial charge in [-0.3, -0.25) is 19.1 Å². The first kappa shape index (κ1) is 82.7. The van der Waals surface area contributed by atoms with Crippen LogP contribution in [0.1, 0.15) is 0 Å². The number of fused-ring (bicyclic) bond motifs is 6. The molecular formula is C122H84N12. The molecular weight excluding hydrogens is 1630 g/mol. The van der Waals surface area contributed by atoms with Crippen molar-refractivity contribution in [2.45, 2.75) is 0 Å². The number of nitrogens with zero attached hydrogens (tertiary/aromatic N) is 12. The van der Waals surface area contributed by atoms with E-state index in [1.165, 1.54) is 49.3 Å². The van der Waals surface area contributed by atoms with Crippen LogP contribution in [0.15, 0.2) is 510 Å². The second-order valence-electron chi connectivity index (χ2n) is 32.2. The van der Waals surface area contributed by atoms with Crippen LogP contribution in [0.3, 0.4) is 0 Å². The Morgan fingerprint density at radius 2 is 0.366 bits per heavy atom. The molecule has 0 saturated heterocycles. The van der Waals surface area contributed by atoms with Crippen molar-refractivity contribution in [1.29, 1.82) is 0 Å². The Morgan fingerprint density at radius 1 is 0.127 bits per heavy atom. The van der Waals surface area contributed by atoms with E-state index >= 15 is 0 Å². The average Bonchev–Trinajstić information content (AvgIpc) is 1.60. The highest BCUT2D eigenvalue weighted by Gasteiger charge is 2.21. The predicted molar refractivity (Wildman–Crippen MR) is 549 cm³/mol. The zero-order valence-electron chi connectivity index (χ0n) is 72.9. The Labute approximate surface area is 776 Å². The summed E-state index contributed by atoms with van der Waals surface area (Å²) in [7, 11) is 0. The van der Waals surface area contributed by atoms with Crippen LogP contribution in [0.5, 0.6) is 0 Å². The van der Waals surface area contributed by atoms with Crippen LogP contribution in [-0.4, -0.2) is 59.0 Å². The highest BCUT2D eigenvalue weighted by Crippen LogP contribution is 2.39. The minimum atomic E-state index is 0.654.